The summed E-state index contributed by atoms with van der Waals surface area (Å²) in [5.41, 5.74) is 1.81. The Bertz CT molecular complexity index is 468. The van der Waals surface area contributed by atoms with Crippen molar-refractivity contribution >= 4 is 17.4 Å². The van der Waals surface area contributed by atoms with Gasteiger partial charge in [0.1, 0.15) is 0 Å². The minimum atomic E-state index is 0.0613. The van der Waals surface area contributed by atoms with Crippen molar-refractivity contribution in [1.82, 2.24) is 5.32 Å². The number of hydrogen-bond acceptors (Lipinski definition) is 3. The first-order chi connectivity index (χ1) is 9.11. The van der Waals surface area contributed by atoms with Crippen LogP contribution in [0.4, 0.5) is 5.69 Å². The first-order valence-corrected chi connectivity index (χ1v) is 6.69. The molecule has 4 heteroatoms. The molecular formula is C15H20N2O2. The Balaban J connectivity index is 2.08. The van der Waals surface area contributed by atoms with Crippen LogP contribution in [0.15, 0.2) is 24.3 Å². The second-order valence-electron chi connectivity index (χ2n) is 5.00. The molecule has 4 nitrogen and oxygen atoms in total. The van der Waals surface area contributed by atoms with Crippen molar-refractivity contribution in [3.63, 3.8) is 0 Å². The highest BCUT2D eigenvalue weighted by Crippen LogP contribution is 2.23. The molecule has 1 aromatic rings. The number of amides is 1. The molecule has 1 aliphatic rings. The summed E-state index contributed by atoms with van der Waals surface area (Å²) in [6, 6.07) is 7.62. The highest BCUT2D eigenvalue weighted by atomic mass is 16.1. The van der Waals surface area contributed by atoms with Gasteiger partial charge < -0.3 is 10.2 Å². The molecule has 0 spiro atoms. The fourth-order valence-corrected chi connectivity index (χ4v) is 2.54. The number of Topliss-reactive ketones (excluding diaryl/α,β-unsaturated/α-hetero) is 1. The molecule has 1 fully saturated rings. The van der Waals surface area contributed by atoms with E-state index < -0.39 is 0 Å². The van der Waals surface area contributed by atoms with Crippen molar-refractivity contribution < 1.29 is 9.59 Å². The maximum absolute atomic E-state index is 11.7. The summed E-state index contributed by atoms with van der Waals surface area (Å²) in [7, 11) is 1.68. The molecule has 2 rings (SSSR count). The lowest BCUT2D eigenvalue weighted by molar-refractivity contribution is -0.124. The van der Waals surface area contributed by atoms with Gasteiger partial charge >= 0.3 is 0 Å². The largest absolute Gasteiger partial charge is 0.371 e. The number of carbonyl (C=O) groups is 2. The van der Waals surface area contributed by atoms with Gasteiger partial charge in [-0.15, -0.1) is 0 Å². The number of benzene rings is 1. The first kappa shape index (κ1) is 13.6. The van der Waals surface area contributed by atoms with Crippen molar-refractivity contribution in [1.29, 1.82) is 0 Å². The summed E-state index contributed by atoms with van der Waals surface area (Å²) in [4.78, 5) is 25.2. The highest BCUT2D eigenvalue weighted by Gasteiger charge is 2.25. The fourth-order valence-electron chi connectivity index (χ4n) is 2.54. The van der Waals surface area contributed by atoms with E-state index in [4.69, 9.17) is 0 Å². The molecule has 19 heavy (non-hydrogen) atoms. The fraction of sp³-hybridized carbons (Fsp3) is 0.467. The second-order valence-corrected chi connectivity index (χ2v) is 5.00. The van der Waals surface area contributed by atoms with Gasteiger partial charge in [0.05, 0.1) is 5.92 Å². The lowest BCUT2D eigenvalue weighted by Gasteiger charge is -2.33. The van der Waals surface area contributed by atoms with Crippen molar-refractivity contribution in [2.24, 2.45) is 5.92 Å². The van der Waals surface area contributed by atoms with Gasteiger partial charge in [0.25, 0.3) is 0 Å². The van der Waals surface area contributed by atoms with E-state index in [1.807, 2.05) is 24.3 Å². The van der Waals surface area contributed by atoms with E-state index in [9.17, 15) is 9.59 Å². The summed E-state index contributed by atoms with van der Waals surface area (Å²) in [6.45, 7) is 3.28. The van der Waals surface area contributed by atoms with Gasteiger partial charge in [0.15, 0.2) is 5.78 Å². The van der Waals surface area contributed by atoms with E-state index in [-0.39, 0.29) is 17.6 Å². The lowest BCUT2D eigenvalue weighted by Crippen LogP contribution is -2.42. The van der Waals surface area contributed by atoms with E-state index in [1.54, 1.807) is 14.0 Å². The number of hydrogen-bond donors (Lipinski definition) is 1. The first-order valence-electron chi connectivity index (χ1n) is 6.69. The van der Waals surface area contributed by atoms with Crippen LogP contribution in [0.5, 0.6) is 0 Å². The summed E-state index contributed by atoms with van der Waals surface area (Å²) in [5, 5.41) is 2.72. The molecule has 1 aromatic carbocycles. The van der Waals surface area contributed by atoms with E-state index in [2.05, 4.69) is 10.2 Å². The van der Waals surface area contributed by atoms with E-state index >= 15 is 0 Å². The van der Waals surface area contributed by atoms with Crippen LogP contribution in [0.2, 0.25) is 0 Å². The Morgan fingerprint density at radius 3 is 2.53 bits per heavy atom. The minimum absolute atomic E-state index is 0.0613. The van der Waals surface area contributed by atoms with Gasteiger partial charge in [-0.2, -0.15) is 0 Å². The predicted octanol–water partition coefficient (Wildman–Crippen LogP) is 1.85. The van der Waals surface area contributed by atoms with Gasteiger partial charge in [0.2, 0.25) is 5.91 Å². The maximum Gasteiger partial charge on any atom is 0.224 e. The Morgan fingerprint density at radius 2 is 1.95 bits per heavy atom. The molecule has 102 valence electrons. The number of anilines is 1. The maximum atomic E-state index is 11.7. The Morgan fingerprint density at radius 1 is 1.26 bits per heavy atom. The normalized spacial score (nSPS) is 19.1. The van der Waals surface area contributed by atoms with Crippen LogP contribution in [0.3, 0.4) is 0 Å². The van der Waals surface area contributed by atoms with Crippen LogP contribution in [-0.2, 0) is 4.79 Å². The molecule has 1 amide bonds. The Hall–Kier alpha value is -1.84. The molecule has 1 saturated heterocycles. The van der Waals surface area contributed by atoms with Crippen molar-refractivity contribution in [3.8, 4) is 0 Å². The molecule has 1 N–H and O–H groups in total. The van der Waals surface area contributed by atoms with Crippen LogP contribution in [-0.4, -0.2) is 31.8 Å². The highest BCUT2D eigenvalue weighted by molar-refractivity contribution is 5.94. The predicted molar refractivity (Wildman–Crippen MR) is 75.5 cm³/mol. The van der Waals surface area contributed by atoms with Crippen molar-refractivity contribution in [2.75, 3.05) is 25.0 Å². The number of piperidine rings is 1. The summed E-state index contributed by atoms with van der Waals surface area (Å²) in [6.07, 6.45) is 1.97. The minimum Gasteiger partial charge on any atom is -0.371 e. The number of nitrogens with zero attached hydrogens (tertiary/aromatic N) is 1. The van der Waals surface area contributed by atoms with Gasteiger partial charge in [0, 0.05) is 31.4 Å². The van der Waals surface area contributed by atoms with Crippen LogP contribution >= 0.6 is 0 Å². The van der Waals surface area contributed by atoms with Crippen molar-refractivity contribution in [3.05, 3.63) is 29.8 Å². The van der Waals surface area contributed by atoms with Gasteiger partial charge in [-0.3, -0.25) is 9.59 Å². The second kappa shape index (κ2) is 5.87. The molecular weight excluding hydrogens is 240 g/mol. The Labute approximate surface area is 113 Å². The molecule has 0 radical (unpaired) electrons. The number of ketones is 1. The molecule has 1 aliphatic heterocycles. The third-order valence-corrected chi connectivity index (χ3v) is 3.68. The van der Waals surface area contributed by atoms with Gasteiger partial charge in [-0.25, -0.2) is 0 Å². The molecule has 0 saturated carbocycles. The van der Waals surface area contributed by atoms with Crippen LogP contribution in [0.25, 0.3) is 0 Å². The average molecular weight is 260 g/mol. The molecule has 1 heterocycles. The van der Waals surface area contributed by atoms with E-state index in [0.29, 0.717) is 0 Å². The van der Waals surface area contributed by atoms with E-state index in [0.717, 1.165) is 37.2 Å². The Kier molecular flexibility index (Phi) is 4.20. The standard InChI is InChI=1S/C15H20N2O2/c1-11(18)12-5-7-14(8-6-12)17-9-3-4-13(10-17)15(19)16-2/h5-8,13H,3-4,9-10H2,1-2H3,(H,16,19). The van der Waals surface area contributed by atoms with Gasteiger partial charge in [-0.05, 0) is 44.0 Å². The monoisotopic (exact) mass is 260 g/mol. The summed E-state index contributed by atoms with van der Waals surface area (Å²) < 4.78 is 0. The molecule has 0 aromatic heterocycles. The zero-order chi connectivity index (χ0) is 13.8. The zero-order valence-electron chi connectivity index (χ0n) is 11.5. The molecule has 0 bridgehead atoms. The third kappa shape index (κ3) is 3.13. The van der Waals surface area contributed by atoms with Crippen LogP contribution in [0.1, 0.15) is 30.1 Å². The molecule has 1 atom stereocenters. The lowest BCUT2D eigenvalue weighted by atomic mass is 9.96. The van der Waals surface area contributed by atoms with Crippen molar-refractivity contribution in [2.45, 2.75) is 19.8 Å². The quantitative estimate of drug-likeness (QED) is 0.844. The third-order valence-electron chi connectivity index (χ3n) is 3.68. The van der Waals surface area contributed by atoms with Gasteiger partial charge in [-0.1, -0.05) is 0 Å². The molecule has 0 aliphatic carbocycles. The summed E-state index contributed by atoms with van der Waals surface area (Å²) in [5.74, 6) is 0.254. The number of nitrogens with one attached hydrogen (secondary N) is 1. The number of rotatable bonds is 3. The topological polar surface area (TPSA) is 49.4 Å². The zero-order valence-corrected chi connectivity index (χ0v) is 11.5. The smallest absolute Gasteiger partial charge is 0.224 e. The molecule has 1 unspecified atom stereocenters. The average Bonchev–Trinajstić information content (AvgIpc) is 2.46. The van der Waals surface area contributed by atoms with E-state index in [1.165, 1.54) is 0 Å². The SMILES string of the molecule is CNC(=O)C1CCCN(c2ccc(C(C)=O)cc2)C1. The number of carbonyl (C=O) groups excluding carboxylic acids is 2. The summed E-state index contributed by atoms with van der Waals surface area (Å²) >= 11 is 0. The van der Waals surface area contributed by atoms with Crippen LogP contribution < -0.4 is 10.2 Å². The van der Waals surface area contributed by atoms with Crippen LogP contribution in [0, 0.1) is 5.92 Å².